The quantitative estimate of drug-likeness (QED) is 0.600. The smallest absolute Gasteiger partial charge is 0.0970 e. The first-order valence-electron chi connectivity index (χ1n) is 5.55. The van der Waals surface area contributed by atoms with E-state index in [1.54, 1.807) is 24.3 Å². The zero-order valence-electron chi connectivity index (χ0n) is 9.91. The van der Waals surface area contributed by atoms with Gasteiger partial charge in [0.15, 0.2) is 0 Å². The van der Waals surface area contributed by atoms with E-state index in [2.05, 4.69) is 0 Å². The molecule has 6 heteroatoms. The lowest BCUT2D eigenvalue weighted by atomic mass is 9.98. The van der Waals surface area contributed by atoms with E-state index < -0.39 is 23.2 Å². The normalized spacial score (nSPS) is 11.8. The molecule has 0 bridgehead atoms. The lowest BCUT2D eigenvalue weighted by molar-refractivity contribution is -0.0663. The van der Waals surface area contributed by atoms with Crippen molar-refractivity contribution in [2.75, 3.05) is 0 Å². The second kappa shape index (κ2) is 6.65. The number of hydrogen-bond donors (Lipinski definition) is 0. The van der Waals surface area contributed by atoms with Crippen LogP contribution in [0.2, 0.25) is 0 Å². The summed E-state index contributed by atoms with van der Waals surface area (Å²) in [5.74, 6) is -1.41. The number of hydrogen-bond acceptors (Lipinski definition) is 4. The lowest BCUT2D eigenvalue weighted by Crippen LogP contribution is -2.28. The molecule has 2 aromatic carbocycles. The van der Waals surface area contributed by atoms with Crippen LogP contribution in [0.1, 0.15) is 11.1 Å². The molecule has 19 heavy (non-hydrogen) atoms. The fourth-order valence-electron chi connectivity index (χ4n) is 1.86. The maximum atomic E-state index is 11.0. The lowest BCUT2D eigenvalue weighted by Gasteiger charge is -2.21. The summed E-state index contributed by atoms with van der Waals surface area (Å²) in [4.78, 5) is 0. The van der Waals surface area contributed by atoms with Crippen molar-refractivity contribution >= 4 is 17.4 Å². The Kier molecular flexibility index (Phi) is 4.89. The molecule has 0 spiro atoms. The Balaban J connectivity index is 2.60. The molecule has 0 N–H and O–H groups in total. The van der Waals surface area contributed by atoms with E-state index in [0.717, 1.165) is 0 Å². The highest BCUT2D eigenvalue weighted by Crippen LogP contribution is 2.40. The first-order chi connectivity index (χ1) is 9.33. The van der Waals surface area contributed by atoms with Gasteiger partial charge in [0.05, 0.1) is 0 Å². The third-order valence-electron chi connectivity index (χ3n) is 2.68. The predicted molar refractivity (Wildman–Crippen MR) is 73.8 cm³/mol. The Morgan fingerprint density at radius 2 is 1.05 bits per heavy atom. The van der Waals surface area contributed by atoms with Crippen LogP contribution in [0.3, 0.4) is 0 Å². The van der Waals surface area contributed by atoms with Gasteiger partial charge in [-0.05, 0) is 9.13 Å². The molecule has 2 atom stereocenters. The summed E-state index contributed by atoms with van der Waals surface area (Å²) in [5, 5.41) is 0. The van der Waals surface area contributed by atoms with Gasteiger partial charge in [-0.2, -0.15) is 0 Å². The van der Waals surface area contributed by atoms with Crippen LogP contribution in [0, 0.1) is 0 Å². The molecule has 2 aromatic rings. The summed E-state index contributed by atoms with van der Waals surface area (Å²) in [5.41, 5.74) is 1.26. The first kappa shape index (κ1) is 14.0. The minimum atomic E-state index is -1.41. The Morgan fingerprint density at radius 1 is 0.684 bits per heavy atom. The van der Waals surface area contributed by atoms with Gasteiger partial charge < -0.3 is 0 Å². The monoisotopic (exact) mass is 294 g/mol. The zero-order chi connectivity index (χ0) is 13.6. The molecule has 0 aromatic heterocycles. The van der Waals surface area contributed by atoms with Crippen molar-refractivity contribution in [3.05, 3.63) is 71.8 Å². The molecule has 0 aliphatic rings. The molecular weight excluding hydrogens is 282 g/mol. The van der Waals surface area contributed by atoms with Gasteiger partial charge in [-0.3, -0.25) is 0 Å². The summed E-state index contributed by atoms with van der Waals surface area (Å²) in [6.45, 7) is 0. The highest BCUT2D eigenvalue weighted by molar-refractivity contribution is 7.18. The number of benzene rings is 2. The highest BCUT2D eigenvalue weighted by Gasteiger charge is 2.45. The van der Waals surface area contributed by atoms with Crippen molar-refractivity contribution in [1.82, 2.24) is 0 Å². The molecule has 96 valence electrons. The second-order valence-corrected chi connectivity index (χ2v) is 4.46. The van der Waals surface area contributed by atoms with Gasteiger partial charge in [-0.25, -0.2) is 0 Å². The Hall–Kier alpha value is -1.44. The van der Waals surface area contributed by atoms with Crippen LogP contribution in [0.4, 0.5) is 0 Å². The van der Waals surface area contributed by atoms with Crippen LogP contribution in [0.15, 0.2) is 60.7 Å². The zero-order valence-corrected chi connectivity index (χ0v) is 11.9. The van der Waals surface area contributed by atoms with Crippen molar-refractivity contribution in [2.45, 2.75) is 5.79 Å². The maximum absolute atomic E-state index is 11.0. The van der Waals surface area contributed by atoms with Gasteiger partial charge >= 0.3 is 23.2 Å². The molecule has 0 aliphatic heterocycles. The SMILES string of the molecule is O=[PH+]OC(O[PH+]=O)(c1ccccc1)c1ccccc1. The van der Waals surface area contributed by atoms with E-state index in [1.165, 1.54) is 0 Å². The van der Waals surface area contributed by atoms with Gasteiger partial charge in [0.25, 0.3) is 0 Å². The molecule has 0 heterocycles. The maximum Gasteiger partial charge on any atom is 0.498 e. The van der Waals surface area contributed by atoms with Crippen molar-refractivity contribution in [1.29, 1.82) is 0 Å². The minimum Gasteiger partial charge on any atom is -0.0970 e. The second-order valence-electron chi connectivity index (χ2n) is 3.72. The average Bonchev–Trinajstić information content (AvgIpc) is 2.49. The Labute approximate surface area is 113 Å². The Morgan fingerprint density at radius 3 is 1.37 bits per heavy atom. The molecule has 2 rings (SSSR count). The van der Waals surface area contributed by atoms with E-state index in [9.17, 15) is 9.13 Å². The first-order valence-corrected chi connectivity index (χ1v) is 7.18. The molecule has 4 nitrogen and oxygen atoms in total. The van der Waals surface area contributed by atoms with Gasteiger partial charge in [0.1, 0.15) is 0 Å². The average molecular weight is 294 g/mol. The van der Waals surface area contributed by atoms with Crippen molar-refractivity contribution < 1.29 is 18.2 Å². The molecule has 0 fully saturated rings. The molecule has 2 unspecified atom stereocenters. The summed E-state index contributed by atoms with van der Waals surface area (Å²) < 4.78 is 32.6. The van der Waals surface area contributed by atoms with Crippen LogP contribution in [-0.4, -0.2) is 0 Å². The summed E-state index contributed by atoms with van der Waals surface area (Å²) in [6, 6.07) is 18.0. The topological polar surface area (TPSA) is 52.6 Å². The molecule has 0 saturated heterocycles. The molecule has 0 amide bonds. The van der Waals surface area contributed by atoms with Crippen LogP contribution < -0.4 is 0 Å². The predicted octanol–water partition coefficient (Wildman–Crippen LogP) is 3.80. The van der Waals surface area contributed by atoms with Crippen LogP contribution in [0.25, 0.3) is 0 Å². The molecule has 0 radical (unpaired) electrons. The van der Waals surface area contributed by atoms with E-state index in [-0.39, 0.29) is 0 Å². The largest absolute Gasteiger partial charge is 0.498 e. The third-order valence-corrected chi connectivity index (χ3v) is 3.42. The van der Waals surface area contributed by atoms with E-state index >= 15 is 0 Å². The van der Waals surface area contributed by atoms with Crippen molar-refractivity contribution in [3.8, 4) is 0 Å². The van der Waals surface area contributed by atoms with Crippen molar-refractivity contribution in [2.24, 2.45) is 0 Å². The van der Waals surface area contributed by atoms with Gasteiger partial charge in [0.2, 0.25) is 0 Å². The molecule has 0 aliphatic carbocycles. The van der Waals surface area contributed by atoms with Gasteiger partial charge in [0, 0.05) is 11.1 Å². The van der Waals surface area contributed by atoms with Crippen LogP contribution in [-0.2, 0) is 24.0 Å². The van der Waals surface area contributed by atoms with Crippen molar-refractivity contribution in [3.63, 3.8) is 0 Å². The highest BCUT2D eigenvalue weighted by atomic mass is 31.1. The van der Waals surface area contributed by atoms with Crippen LogP contribution in [0.5, 0.6) is 0 Å². The van der Waals surface area contributed by atoms with Crippen LogP contribution >= 0.6 is 17.4 Å². The fourth-order valence-corrected chi connectivity index (χ4v) is 2.73. The molecular formula is C13H12O4P2+2. The number of rotatable bonds is 6. The molecule has 0 saturated carbocycles. The fraction of sp³-hybridized carbons (Fsp3) is 0.0769. The summed E-state index contributed by atoms with van der Waals surface area (Å²) in [6.07, 6.45) is 0. The Bertz CT molecular complexity index is 494. The van der Waals surface area contributed by atoms with E-state index in [0.29, 0.717) is 11.1 Å². The van der Waals surface area contributed by atoms with Gasteiger partial charge in [-0.15, -0.1) is 0 Å². The summed E-state index contributed by atoms with van der Waals surface area (Å²) >= 11 is 0. The minimum absolute atomic E-state index is 0.632. The van der Waals surface area contributed by atoms with E-state index in [1.807, 2.05) is 36.4 Å². The standard InChI is InChI=1S/C13H12O4P2/c14-18-16-13(17-19-15,11-7-3-1-4-8-11)12-9-5-2-6-10-12/h1-10,18-19H/q+2. The third kappa shape index (κ3) is 2.94. The summed E-state index contributed by atoms with van der Waals surface area (Å²) in [7, 11) is -2.08. The van der Waals surface area contributed by atoms with E-state index in [4.69, 9.17) is 9.05 Å². The van der Waals surface area contributed by atoms with Gasteiger partial charge in [-0.1, -0.05) is 69.7 Å².